The van der Waals surface area contributed by atoms with Crippen LogP contribution >= 0.6 is 11.6 Å². The van der Waals surface area contributed by atoms with Crippen LogP contribution in [0.3, 0.4) is 0 Å². The lowest BCUT2D eigenvalue weighted by Crippen LogP contribution is -2.29. The van der Waals surface area contributed by atoms with Gasteiger partial charge in [0.25, 0.3) is 0 Å². The highest BCUT2D eigenvalue weighted by Crippen LogP contribution is 2.20. The van der Waals surface area contributed by atoms with Crippen molar-refractivity contribution in [2.24, 2.45) is 0 Å². The first-order chi connectivity index (χ1) is 12.1. The van der Waals surface area contributed by atoms with E-state index in [4.69, 9.17) is 11.6 Å². The number of rotatable bonds is 5. The molecule has 1 heterocycles. The Kier molecular flexibility index (Phi) is 5.36. The third kappa shape index (κ3) is 4.61. The molecule has 2 aromatic carbocycles. The molecule has 0 atom stereocenters. The van der Waals surface area contributed by atoms with Crippen LogP contribution in [0.5, 0.6) is 0 Å². The van der Waals surface area contributed by atoms with E-state index < -0.39 is 0 Å². The molecule has 2 N–H and O–H groups in total. The van der Waals surface area contributed by atoms with Crippen LogP contribution in [0.15, 0.2) is 61.2 Å². The Morgan fingerprint density at radius 2 is 2.00 bits per heavy atom. The smallest absolute Gasteiger partial charge is 0.319 e. The van der Waals surface area contributed by atoms with E-state index in [2.05, 4.69) is 21.7 Å². The quantitative estimate of drug-likeness (QED) is 0.720. The number of halogens is 1. The lowest BCUT2D eigenvalue weighted by atomic mass is 10.1. The number of imidazole rings is 1. The van der Waals surface area contributed by atoms with Crippen LogP contribution in [-0.4, -0.2) is 15.6 Å². The lowest BCUT2D eigenvalue weighted by molar-refractivity contribution is 0.251. The van der Waals surface area contributed by atoms with E-state index >= 15 is 0 Å². The van der Waals surface area contributed by atoms with Crippen LogP contribution in [0.4, 0.5) is 10.5 Å². The van der Waals surface area contributed by atoms with Gasteiger partial charge >= 0.3 is 6.03 Å². The van der Waals surface area contributed by atoms with E-state index in [-0.39, 0.29) is 6.03 Å². The van der Waals surface area contributed by atoms with Crippen LogP contribution in [0.25, 0.3) is 0 Å². The fourth-order valence-electron chi connectivity index (χ4n) is 2.53. The highest BCUT2D eigenvalue weighted by Gasteiger charge is 2.07. The SMILES string of the molecule is Cc1ccc(Cl)cc1NC(=O)NCc1ccccc1Cn1ccnc1. The first-order valence-electron chi connectivity index (χ1n) is 7.95. The van der Waals surface area contributed by atoms with E-state index in [0.29, 0.717) is 23.8 Å². The van der Waals surface area contributed by atoms with Crippen molar-refractivity contribution in [1.82, 2.24) is 14.9 Å². The zero-order chi connectivity index (χ0) is 17.6. The zero-order valence-corrected chi connectivity index (χ0v) is 14.6. The summed E-state index contributed by atoms with van der Waals surface area (Å²) in [6.45, 7) is 3.08. The Labute approximate surface area is 151 Å². The minimum absolute atomic E-state index is 0.261. The van der Waals surface area contributed by atoms with Crippen molar-refractivity contribution in [3.05, 3.63) is 82.9 Å². The molecule has 0 radical (unpaired) electrons. The summed E-state index contributed by atoms with van der Waals surface area (Å²) in [5.74, 6) is 0. The Morgan fingerprint density at radius 1 is 1.20 bits per heavy atom. The molecule has 0 unspecified atom stereocenters. The Balaban J connectivity index is 1.63. The molecule has 6 heteroatoms. The molecule has 0 fully saturated rings. The minimum Gasteiger partial charge on any atom is -0.334 e. The molecular formula is C19H19ClN4O. The average molecular weight is 355 g/mol. The van der Waals surface area contributed by atoms with Crippen molar-refractivity contribution in [1.29, 1.82) is 0 Å². The number of carbonyl (C=O) groups excluding carboxylic acids is 1. The summed E-state index contributed by atoms with van der Waals surface area (Å²) in [6.07, 6.45) is 5.44. The molecule has 0 spiro atoms. The molecule has 0 saturated carbocycles. The van der Waals surface area contributed by atoms with Crippen molar-refractivity contribution < 1.29 is 4.79 Å². The van der Waals surface area contributed by atoms with Gasteiger partial charge in [-0.2, -0.15) is 0 Å². The third-order valence-corrected chi connectivity index (χ3v) is 4.15. The van der Waals surface area contributed by atoms with Crippen molar-refractivity contribution >= 4 is 23.3 Å². The summed E-state index contributed by atoms with van der Waals surface area (Å²) in [7, 11) is 0. The monoisotopic (exact) mass is 354 g/mol. The number of nitrogens with zero attached hydrogens (tertiary/aromatic N) is 2. The predicted octanol–water partition coefficient (Wildman–Crippen LogP) is 4.21. The summed E-state index contributed by atoms with van der Waals surface area (Å²) >= 11 is 5.98. The molecule has 1 aromatic heterocycles. The van der Waals surface area contributed by atoms with Crippen molar-refractivity contribution in [3.8, 4) is 0 Å². The number of urea groups is 1. The maximum Gasteiger partial charge on any atom is 0.319 e. The Morgan fingerprint density at radius 3 is 2.76 bits per heavy atom. The molecule has 3 rings (SSSR count). The van der Waals surface area contributed by atoms with Gasteiger partial charge in [0.2, 0.25) is 0 Å². The maximum atomic E-state index is 12.2. The van der Waals surface area contributed by atoms with E-state index in [0.717, 1.165) is 16.7 Å². The summed E-state index contributed by atoms with van der Waals surface area (Å²) in [4.78, 5) is 16.3. The Hall–Kier alpha value is -2.79. The molecule has 2 amide bonds. The zero-order valence-electron chi connectivity index (χ0n) is 13.9. The summed E-state index contributed by atoms with van der Waals surface area (Å²) in [6, 6.07) is 13.2. The molecule has 5 nitrogen and oxygen atoms in total. The van der Waals surface area contributed by atoms with Crippen molar-refractivity contribution in [2.75, 3.05) is 5.32 Å². The van der Waals surface area contributed by atoms with Gasteiger partial charge < -0.3 is 15.2 Å². The van der Waals surface area contributed by atoms with Gasteiger partial charge in [0.15, 0.2) is 0 Å². The molecule has 3 aromatic rings. The normalized spacial score (nSPS) is 10.5. The molecule has 0 saturated heterocycles. The fourth-order valence-corrected chi connectivity index (χ4v) is 2.70. The number of amides is 2. The molecule has 0 aliphatic heterocycles. The lowest BCUT2D eigenvalue weighted by Gasteiger charge is -2.13. The molecule has 0 bridgehead atoms. The van der Waals surface area contributed by atoms with Crippen LogP contribution in [0.1, 0.15) is 16.7 Å². The van der Waals surface area contributed by atoms with E-state index in [1.165, 1.54) is 0 Å². The predicted molar refractivity (Wildman–Crippen MR) is 99.8 cm³/mol. The number of anilines is 1. The third-order valence-electron chi connectivity index (χ3n) is 3.92. The number of hydrogen-bond donors (Lipinski definition) is 2. The van der Waals surface area contributed by atoms with Gasteiger partial charge in [0.1, 0.15) is 0 Å². The maximum absolute atomic E-state index is 12.2. The Bertz CT molecular complexity index is 862. The highest BCUT2D eigenvalue weighted by molar-refractivity contribution is 6.31. The average Bonchev–Trinajstić information content (AvgIpc) is 3.10. The van der Waals surface area contributed by atoms with E-state index in [1.54, 1.807) is 24.7 Å². The number of hydrogen-bond acceptors (Lipinski definition) is 2. The number of benzene rings is 2. The number of nitrogens with one attached hydrogen (secondary N) is 2. The summed E-state index contributed by atoms with van der Waals surface area (Å²) in [5, 5.41) is 6.32. The molecule has 0 aliphatic rings. The van der Waals surface area contributed by atoms with E-state index in [1.807, 2.05) is 42.0 Å². The van der Waals surface area contributed by atoms with E-state index in [9.17, 15) is 4.79 Å². The number of aryl methyl sites for hydroxylation is 1. The van der Waals surface area contributed by atoms with Gasteiger partial charge in [0.05, 0.1) is 6.33 Å². The fraction of sp³-hybridized carbons (Fsp3) is 0.158. The van der Waals surface area contributed by atoms with Gasteiger partial charge in [-0.15, -0.1) is 0 Å². The highest BCUT2D eigenvalue weighted by atomic mass is 35.5. The van der Waals surface area contributed by atoms with Gasteiger partial charge in [-0.05, 0) is 35.7 Å². The summed E-state index contributed by atoms with van der Waals surface area (Å²) in [5.41, 5.74) is 3.87. The van der Waals surface area contributed by atoms with Crippen molar-refractivity contribution in [2.45, 2.75) is 20.0 Å². The topological polar surface area (TPSA) is 59.0 Å². The number of aromatic nitrogens is 2. The standard InChI is InChI=1S/C19H19ClN4O/c1-14-6-7-17(20)10-18(14)23-19(25)22-11-15-4-2-3-5-16(15)12-24-9-8-21-13-24/h2-10,13H,11-12H2,1H3,(H2,22,23,25). The largest absolute Gasteiger partial charge is 0.334 e. The first-order valence-corrected chi connectivity index (χ1v) is 8.33. The van der Waals surface area contributed by atoms with Crippen LogP contribution in [0, 0.1) is 6.92 Å². The molecule has 0 aliphatic carbocycles. The second-order valence-corrected chi connectivity index (χ2v) is 6.21. The molecule has 128 valence electrons. The first kappa shape index (κ1) is 17.0. The molecular weight excluding hydrogens is 336 g/mol. The van der Waals surface area contributed by atoms with Gasteiger partial charge in [-0.3, -0.25) is 0 Å². The minimum atomic E-state index is -0.261. The molecule has 25 heavy (non-hydrogen) atoms. The van der Waals surface area contributed by atoms with Gasteiger partial charge in [-0.1, -0.05) is 41.9 Å². The summed E-state index contributed by atoms with van der Waals surface area (Å²) < 4.78 is 1.99. The van der Waals surface area contributed by atoms with Crippen molar-refractivity contribution in [3.63, 3.8) is 0 Å². The van der Waals surface area contributed by atoms with Crippen LogP contribution in [0.2, 0.25) is 5.02 Å². The van der Waals surface area contributed by atoms with Crippen LogP contribution in [-0.2, 0) is 13.1 Å². The van der Waals surface area contributed by atoms with Gasteiger partial charge in [0, 0.05) is 36.2 Å². The number of carbonyl (C=O) groups is 1. The van der Waals surface area contributed by atoms with Crippen LogP contribution < -0.4 is 10.6 Å². The van der Waals surface area contributed by atoms with Gasteiger partial charge in [-0.25, -0.2) is 9.78 Å². The second kappa shape index (κ2) is 7.85. The second-order valence-electron chi connectivity index (χ2n) is 5.77.